The number of hydrogen-bond acceptors (Lipinski definition) is 7. The first-order valence-electron chi connectivity index (χ1n) is 10.1. The topological polar surface area (TPSA) is 115 Å². The number of piperazine rings is 1. The standard InChI is InChI=1S/C20H27N7O3/c1-24-18-17(19(29)23-20(24)30)27(12-15(21)28)16(22-18)13-26-9-7-25(8-10-26)11-14-5-3-2-4-6-14/h2-6,17-18H,7-13H2,1H3,(H2,21,28)(H,23,29,30). The third-order valence-electron chi connectivity index (χ3n) is 5.85. The van der Waals surface area contributed by atoms with E-state index in [1.54, 1.807) is 11.9 Å². The monoisotopic (exact) mass is 413 g/mol. The lowest BCUT2D eigenvalue weighted by Gasteiger charge is -2.37. The van der Waals surface area contributed by atoms with Crippen molar-refractivity contribution in [1.82, 2.24) is 24.9 Å². The van der Waals surface area contributed by atoms with E-state index in [-0.39, 0.29) is 6.54 Å². The number of rotatable bonds is 6. The second-order valence-corrected chi connectivity index (χ2v) is 7.94. The molecule has 30 heavy (non-hydrogen) atoms. The number of urea groups is 1. The zero-order chi connectivity index (χ0) is 21.3. The van der Waals surface area contributed by atoms with E-state index < -0.39 is 30.1 Å². The summed E-state index contributed by atoms with van der Waals surface area (Å²) in [4.78, 5) is 48.3. The number of nitrogens with one attached hydrogen (secondary N) is 1. The van der Waals surface area contributed by atoms with Gasteiger partial charge in [0.25, 0.3) is 5.91 Å². The van der Waals surface area contributed by atoms with Crippen LogP contribution in [0.3, 0.4) is 0 Å². The van der Waals surface area contributed by atoms with Crippen molar-refractivity contribution >= 4 is 23.7 Å². The molecule has 0 saturated carbocycles. The van der Waals surface area contributed by atoms with Gasteiger partial charge in [0, 0.05) is 39.8 Å². The summed E-state index contributed by atoms with van der Waals surface area (Å²) in [5.41, 5.74) is 6.71. The molecule has 4 rings (SSSR count). The fourth-order valence-electron chi connectivity index (χ4n) is 4.22. The van der Waals surface area contributed by atoms with Crippen molar-refractivity contribution in [2.45, 2.75) is 18.8 Å². The number of nitrogens with two attached hydrogens (primary N) is 1. The molecule has 3 heterocycles. The average molecular weight is 413 g/mol. The molecule has 1 aromatic carbocycles. The highest BCUT2D eigenvalue weighted by Gasteiger charge is 2.48. The summed E-state index contributed by atoms with van der Waals surface area (Å²) in [5.74, 6) is -0.365. The number of amides is 4. The minimum atomic E-state index is -0.727. The Labute approximate surface area is 175 Å². The quantitative estimate of drug-likeness (QED) is 0.611. The number of amidine groups is 1. The van der Waals surface area contributed by atoms with E-state index >= 15 is 0 Å². The van der Waals surface area contributed by atoms with Crippen LogP contribution in [0.5, 0.6) is 0 Å². The van der Waals surface area contributed by atoms with Gasteiger partial charge in [-0.05, 0) is 5.56 Å². The largest absolute Gasteiger partial charge is 0.368 e. The summed E-state index contributed by atoms with van der Waals surface area (Å²) in [6.45, 7) is 4.87. The molecule has 0 aromatic heterocycles. The minimum absolute atomic E-state index is 0.108. The number of fused-ring (bicyclic) bond motifs is 1. The van der Waals surface area contributed by atoms with Gasteiger partial charge in [0.05, 0.1) is 13.1 Å². The van der Waals surface area contributed by atoms with E-state index in [0.29, 0.717) is 12.4 Å². The number of primary amides is 1. The molecule has 0 aliphatic carbocycles. The lowest BCUT2D eigenvalue weighted by molar-refractivity contribution is -0.128. The Bertz CT molecular complexity index is 851. The van der Waals surface area contributed by atoms with E-state index in [0.717, 1.165) is 32.7 Å². The van der Waals surface area contributed by atoms with Crippen LogP contribution in [0.4, 0.5) is 4.79 Å². The average Bonchev–Trinajstić information content (AvgIpc) is 3.06. The molecule has 10 nitrogen and oxygen atoms in total. The van der Waals surface area contributed by atoms with Gasteiger partial charge in [-0.3, -0.25) is 24.7 Å². The van der Waals surface area contributed by atoms with E-state index in [1.165, 1.54) is 10.5 Å². The number of carbonyl (C=O) groups excluding carboxylic acids is 3. The van der Waals surface area contributed by atoms with Crippen LogP contribution in [0.1, 0.15) is 5.56 Å². The molecule has 160 valence electrons. The number of nitrogens with zero attached hydrogens (tertiary/aromatic N) is 5. The molecular formula is C20H27N7O3. The van der Waals surface area contributed by atoms with Crippen LogP contribution in [-0.4, -0.2) is 102 Å². The number of carbonyl (C=O) groups is 3. The first kappa shape index (κ1) is 20.3. The number of likely N-dealkylation sites (N-methyl/N-ethyl adjacent to an activating group) is 1. The van der Waals surface area contributed by atoms with Crippen LogP contribution in [0.2, 0.25) is 0 Å². The van der Waals surface area contributed by atoms with Crippen LogP contribution in [-0.2, 0) is 16.1 Å². The highest BCUT2D eigenvalue weighted by molar-refractivity contribution is 6.05. The van der Waals surface area contributed by atoms with Crippen molar-refractivity contribution < 1.29 is 14.4 Å². The van der Waals surface area contributed by atoms with Crippen molar-refractivity contribution in [3.8, 4) is 0 Å². The maximum Gasteiger partial charge on any atom is 0.325 e. The number of imide groups is 1. The van der Waals surface area contributed by atoms with Gasteiger partial charge in [-0.25, -0.2) is 9.79 Å². The molecule has 4 amide bonds. The van der Waals surface area contributed by atoms with Crippen LogP contribution in [0, 0.1) is 0 Å². The predicted molar refractivity (Wildman–Crippen MR) is 110 cm³/mol. The van der Waals surface area contributed by atoms with E-state index in [2.05, 4.69) is 44.4 Å². The molecule has 10 heteroatoms. The summed E-state index contributed by atoms with van der Waals surface area (Å²) in [6.07, 6.45) is -0.639. The molecule has 3 N–H and O–H groups in total. The SMILES string of the molecule is CN1C(=O)NC(=O)C2C1N=C(CN1CCN(Cc3ccccc3)CC1)N2CC(N)=O. The second kappa shape index (κ2) is 8.41. The van der Waals surface area contributed by atoms with Crippen LogP contribution in [0.25, 0.3) is 0 Å². The Morgan fingerprint density at radius 1 is 1.10 bits per heavy atom. The Hall–Kier alpha value is -2.98. The maximum absolute atomic E-state index is 12.4. The molecule has 2 fully saturated rings. The Morgan fingerprint density at radius 2 is 1.73 bits per heavy atom. The van der Waals surface area contributed by atoms with Crippen LogP contribution >= 0.6 is 0 Å². The van der Waals surface area contributed by atoms with Gasteiger partial charge < -0.3 is 15.5 Å². The third-order valence-corrected chi connectivity index (χ3v) is 5.85. The summed E-state index contributed by atoms with van der Waals surface area (Å²) in [6, 6.07) is 9.17. The van der Waals surface area contributed by atoms with Gasteiger partial charge in [0.15, 0.2) is 12.2 Å². The van der Waals surface area contributed by atoms with E-state index in [4.69, 9.17) is 5.73 Å². The van der Waals surface area contributed by atoms with Gasteiger partial charge in [0.1, 0.15) is 5.84 Å². The lowest BCUT2D eigenvalue weighted by atomic mass is 10.1. The number of aliphatic imine (C=N–C) groups is 1. The van der Waals surface area contributed by atoms with Crippen molar-refractivity contribution in [2.24, 2.45) is 10.7 Å². The second-order valence-electron chi connectivity index (χ2n) is 7.94. The van der Waals surface area contributed by atoms with Crippen molar-refractivity contribution in [1.29, 1.82) is 0 Å². The molecular weight excluding hydrogens is 386 g/mol. The molecule has 2 unspecified atom stereocenters. The van der Waals surface area contributed by atoms with E-state index in [1.807, 2.05) is 6.07 Å². The molecule has 0 bridgehead atoms. The highest BCUT2D eigenvalue weighted by atomic mass is 16.2. The van der Waals surface area contributed by atoms with Crippen LogP contribution < -0.4 is 11.1 Å². The third kappa shape index (κ3) is 4.14. The predicted octanol–water partition coefficient (Wildman–Crippen LogP) is -1.12. The fourth-order valence-corrected chi connectivity index (χ4v) is 4.22. The molecule has 0 spiro atoms. The van der Waals surface area contributed by atoms with Crippen molar-refractivity contribution in [3.05, 3.63) is 35.9 Å². The van der Waals surface area contributed by atoms with Gasteiger partial charge in [-0.1, -0.05) is 30.3 Å². The lowest BCUT2D eigenvalue weighted by Crippen LogP contribution is -2.64. The molecule has 3 aliphatic rings. The maximum atomic E-state index is 12.4. The van der Waals surface area contributed by atoms with Crippen molar-refractivity contribution in [3.63, 3.8) is 0 Å². The smallest absolute Gasteiger partial charge is 0.325 e. The summed E-state index contributed by atoms with van der Waals surface area (Å²) < 4.78 is 0. The molecule has 0 radical (unpaired) electrons. The van der Waals surface area contributed by atoms with Crippen molar-refractivity contribution in [2.75, 3.05) is 46.3 Å². The zero-order valence-electron chi connectivity index (χ0n) is 17.0. The molecule has 1 aromatic rings. The summed E-state index contributed by atoms with van der Waals surface area (Å²) in [5, 5.41) is 2.32. The highest BCUT2D eigenvalue weighted by Crippen LogP contribution is 2.24. The Kier molecular flexibility index (Phi) is 5.69. The summed E-state index contributed by atoms with van der Waals surface area (Å²) in [7, 11) is 1.59. The van der Waals surface area contributed by atoms with E-state index in [9.17, 15) is 14.4 Å². The minimum Gasteiger partial charge on any atom is -0.368 e. The van der Waals surface area contributed by atoms with Gasteiger partial charge in [-0.15, -0.1) is 0 Å². The van der Waals surface area contributed by atoms with Crippen LogP contribution in [0.15, 0.2) is 35.3 Å². The fraction of sp³-hybridized carbons (Fsp3) is 0.500. The first-order chi connectivity index (χ1) is 14.4. The van der Waals surface area contributed by atoms with Gasteiger partial charge >= 0.3 is 6.03 Å². The number of benzene rings is 1. The molecule has 2 saturated heterocycles. The first-order valence-corrected chi connectivity index (χ1v) is 10.1. The number of hydrogen-bond donors (Lipinski definition) is 2. The molecule has 2 atom stereocenters. The Morgan fingerprint density at radius 3 is 2.37 bits per heavy atom. The normalized spacial score (nSPS) is 25.2. The molecule has 3 aliphatic heterocycles. The summed E-state index contributed by atoms with van der Waals surface area (Å²) >= 11 is 0. The van der Waals surface area contributed by atoms with Gasteiger partial charge in [0.2, 0.25) is 5.91 Å². The zero-order valence-corrected chi connectivity index (χ0v) is 17.0. The Balaban J connectivity index is 1.41. The van der Waals surface area contributed by atoms with Gasteiger partial charge in [-0.2, -0.15) is 0 Å².